The summed E-state index contributed by atoms with van der Waals surface area (Å²) in [5.41, 5.74) is 1.27. The third kappa shape index (κ3) is 5.88. The maximum Gasteiger partial charge on any atom is 0.193 e. The number of aryl methyl sites for hydroxylation is 1. The molecule has 0 atom stereocenters. The van der Waals surface area contributed by atoms with E-state index in [2.05, 4.69) is 38.2 Å². The molecule has 1 aromatic heterocycles. The van der Waals surface area contributed by atoms with Crippen LogP contribution in [0.15, 0.2) is 23.5 Å². The molecule has 23 heavy (non-hydrogen) atoms. The molecule has 0 bridgehead atoms. The molecule has 1 aliphatic rings. The lowest BCUT2D eigenvalue weighted by molar-refractivity contribution is 0.00989. The fourth-order valence-corrected chi connectivity index (χ4v) is 2.87. The summed E-state index contributed by atoms with van der Waals surface area (Å²) in [7, 11) is 5.61. The number of guanidine groups is 1. The number of ether oxygens (including phenoxy) is 2. The van der Waals surface area contributed by atoms with Crippen molar-refractivity contribution in [3.8, 4) is 0 Å². The Balaban J connectivity index is 1.70. The van der Waals surface area contributed by atoms with E-state index in [9.17, 15) is 0 Å². The lowest BCUT2D eigenvalue weighted by Gasteiger charge is -2.34. The maximum absolute atomic E-state index is 5.91. The van der Waals surface area contributed by atoms with Crippen molar-refractivity contribution in [3.05, 3.63) is 24.0 Å². The lowest BCUT2D eigenvalue weighted by atomic mass is 10.1. The number of nitrogens with one attached hydrogen (secondary N) is 1. The number of aliphatic imine (C=N–C) groups is 1. The van der Waals surface area contributed by atoms with E-state index >= 15 is 0 Å². The summed E-state index contributed by atoms with van der Waals surface area (Å²) in [6.07, 6.45) is 7.64. The van der Waals surface area contributed by atoms with E-state index in [1.807, 2.05) is 14.1 Å². The average Bonchev–Trinajstić information content (AvgIpc) is 2.99. The third-order valence-electron chi connectivity index (χ3n) is 4.14. The van der Waals surface area contributed by atoms with Crippen LogP contribution in [0.2, 0.25) is 0 Å². The summed E-state index contributed by atoms with van der Waals surface area (Å²) < 4.78 is 13.0. The number of methoxy groups -OCH3 is 1. The van der Waals surface area contributed by atoms with Crippen LogP contribution in [0, 0.1) is 0 Å². The van der Waals surface area contributed by atoms with E-state index in [0.717, 1.165) is 58.1 Å². The first-order chi connectivity index (χ1) is 11.2. The summed E-state index contributed by atoms with van der Waals surface area (Å²) in [6, 6.07) is 2.13. The van der Waals surface area contributed by atoms with Gasteiger partial charge in [0.05, 0.1) is 6.10 Å². The van der Waals surface area contributed by atoms with E-state index < -0.39 is 0 Å². The number of piperidine rings is 1. The topological polar surface area (TPSA) is 51.0 Å². The standard InChI is InChI=1S/C17H30N4O2/c1-18-17(19-13-15-5-8-20(2)14-15)21-9-6-16(7-10-21)23-12-4-11-22-3/h5,8,14,16H,4,6-7,9-13H2,1-3H3,(H,18,19). The highest BCUT2D eigenvalue weighted by Gasteiger charge is 2.21. The minimum Gasteiger partial charge on any atom is -0.385 e. The van der Waals surface area contributed by atoms with E-state index in [-0.39, 0.29) is 0 Å². The second kappa shape index (κ2) is 9.57. The molecule has 0 aliphatic carbocycles. The van der Waals surface area contributed by atoms with Gasteiger partial charge in [0, 0.05) is 66.4 Å². The minimum atomic E-state index is 0.371. The second-order valence-corrected chi connectivity index (χ2v) is 5.99. The molecule has 1 fully saturated rings. The highest BCUT2D eigenvalue weighted by atomic mass is 16.5. The average molecular weight is 322 g/mol. The van der Waals surface area contributed by atoms with Crippen molar-refractivity contribution in [2.24, 2.45) is 12.0 Å². The fourth-order valence-electron chi connectivity index (χ4n) is 2.87. The van der Waals surface area contributed by atoms with E-state index in [4.69, 9.17) is 9.47 Å². The molecule has 0 radical (unpaired) electrons. The van der Waals surface area contributed by atoms with Crippen molar-refractivity contribution in [1.29, 1.82) is 0 Å². The molecule has 130 valence electrons. The van der Waals surface area contributed by atoms with E-state index in [1.54, 1.807) is 7.11 Å². The van der Waals surface area contributed by atoms with E-state index in [0.29, 0.717) is 6.10 Å². The Bertz CT molecular complexity index is 479. The summed E-state index contributed by atoms with van der Waals surface area (Å²) in [4.78, 5) is 6.73. The van der Waals surface area contributed by atoms with Gasteiger partial charge < -0.3 is 24.3 Å². The van der Waals surface area contributed by atoms with Crippen LogP contribution in [0.1, 0.15) is 24.8 Å². The molecule has 0 unspecified atom stereocenters. The zero-order valence-electron chi connectivity index (χ0n) is 14.6. The Hall–Kier alpha value is -1.53. The number of likely N-dealkylation sites (tertiary alicyclic amines) is 1. The van der Waals surface area contributed by atoms with Gasteiger partial charge in [0.2, 0.25) is 0 Å². The zero-order valence-corrected chi connectivity index (χ0v) is 14.6. The van der Waals surface area contributed by atoms with Gasteiger partial charge in [0.1, 0.15) is 0 Å². The van der Waals surface area contributed by atoms with Gasteiger partial charge in [-0.3, -0.25) is 4.99 Å². The molecule has 2 rings (SSSR count). The SMILES string of the molecule is CN=C(NCc1ccn(C)c1)N1CCC(OCCCOC)CC1. The Morgan fingerprint density at radius 3 is 2.74 bits per heavy atom. The smallest absolute Gasteiger partial charge is 0.193 e. The van der Waals surface area contributed by atoms with Crippen molar-refractivity contribution < 1.29 is 9.47 Å². The Morgan fingerprint density at radius 1 is 1.35 bits per heavy atom. The van der Waals surface area contributed by atoms with Crippen molar-refractivity contribution in [2.75, 3.05) is 40.5 Å². The lowest BCUT2D eigenvalue weighted by Crippen LogP contribution is -2.46. The molecule has 1 saturated heterocycles. The molecule has 1 N–H and O–H groups in total. The van der Waals surface area contributed by atoms with Crippen LogP contribution in [0.25, 0.3) is 0 Å². The van der Waals surface area contributed by atoms with Gasteiger partial charge in [-0.2, -0.15) is 0 Å². The maximum atomic E-state index is 5.91. The van der Waals surface area contributed by atoms with Crippen molar-refractivity contribution in [1.82, 2.24) is 14.8 Å². The first-order valence-corrected chi connectivity index (χ1v) is 8.40. The van der Waals surface area contributed by atoms with Gasteiger partial charge in [0.15, 0.2) is 5.96 Å². The molecule has 0 saturated carbocycles. The number of nitrogens with zero attached hydrogens (tertiary/aromatic N) is 3. The third-order valence-corrected chi connectivity index (χ3v) is 4.14. The Morgan fingerprint density at radius 2 is 2.13 bits per heavy atom. The van der Waals surface area contributed by atoms with Crippen molar-refractivity contribution >= 4 is 5.96 Å². The molecular formula is C17H30N4O2. The van der Waals surface area contributed by atoms with Gasteiger partial charge in [0.25, 0.3) is 0 Å². The predicted octanol–water partition coefficient (Wildman–Crippen LogP) is 1.62. The van der Waals surface area contributed by atoms with Crippen molar-refractivity contribution in [2.45, 2.75) is 31.9 Å². The largest absolute Gasteiger partial charge is 0.385 e. The summed E-state index contributed by atoms with van der Waals surface area (Å²) in [5, 5.41) is 3.45. The Kier molecular flexibility index (Phi) is 7.42. The predicted molar refractivity (Wildman–Crippen MR) is 92.7 cm³/mol. The summed E-state index contributed by atoms with van der Waals surface area (Å²) in [5.74, 6) is 0.978. The number of aromatic nitrogens is 1. The van der Waals surface area contributed by atoms with Crippen LogP contribution in [-0.2, 0) is 23.1 Å². The highest BCUT2D eigenvalue weighted by Crippen LogP contribution is 2.14. The Labute approximate surface area is 139 Å². The zero-order chi connectivity index (χ0) is 16.5. The molecule has 2 heterocycles. The van der Waals surface area contributed by atoms with Gasteiger partial charge in [-0.25, -0.2) is 0 Å². The van der Waals surface area contributed by atoms with Crippen molar-refractivity contribution in [3.63, 3.8) is 0 Å². The number of hydrogen-bond acceptors (Lipinski definition) is 3. The summed E-state index contributed by atoms with van der Waals surface area (Å²) in [6.45, 7) is 4.35. The first-order valence-electron chi connectivity index (χ1n) is 8.40. The van der Waals surface area contributed by atoms with Gasteiger partial charge in [-0.15, -0.1) is 0 Å². The molecular weight excluding hydrogens is 292 g/mol. The molecule has 0 amide bonds. The van der Waals surface area contributed by atoms with Gasteiger partial charge in [-0.05, 0) is 30.9 Å². The molecule has 0 spiro atoms. The summed E-state index contributed by atoms with van der Waals surface area (Å²) >= 11 is 0. The first kappa shape index (κ1) is 17.8. The van der Waals surface area contributed by atoms with Gasteiger partial charge in [-0.1, -0.05) is 0 Å². The second-order valence-electron chi connectivity index (χ2n) is 5.99. The highest BCUT2D eigenvalue weighted by molar-refractivity contribution is 5.79. The molecule has 6 heteroatoms. The molecule has 6 nitrogen and oxygen atoms in total. The van der Waals surface area contributed by atoms with Crippen LogP contribution < -0.4 is 5.32 Å². The molecule has 1 aliphatic heterocycles. The molecule has 0 aromatic carbocycles. The monoisotopic (exact) mass is 322 g/mol. The van der Waals surface area contributed by atoms with Crippen LogP contribution in [-0.4, -0.2) is 62.0 Å². The number of hydrogen-bond donors (Lipinski definition) is 1. The van der Waals surface area contributed by atoms with Crippen LogP contribution in [0.5, 0.6) is 0 Å². The van der Waals surface area contributed by atoms with Gasteiger partial charge >= 0.3 is 0 Å². The quantitative estimate of drug-likeness (QED) is 0.471. The normalized spacial score (nSPS) is 16.8. The minimum absolute atomic E-state index is 0.371. The van der Waals surface area contributed by atoms with E-state index in [1.165, 1.54) is 5.56 Å². The van der Waals surface area contributed by atoms with Crippen LogP contribution in [0.4, 0.5) is 0 Å². The molecule has 1 aromatic rings. The number of rotatable bonds is 7. The fraction of sp³-hybridized carbons (Fsp3) is 0.706. The van der Waals surface area contributed by atoms with Crippen LogP contribution >= 0.6 is 0 Å². The van der Waals surface area contributed by atoms with Crippen LogP contribution in [0.3, 0.4) is 0 Å².